The Kier molecular flexibility index (Phi) is 5.84. The van der Waals surface area contributed by atoms with Gasteiger partial charge in [-0.3, -0.25) is 0 Å². The first-order valence-electron chi connectivity index (χ1n) is 14.3. The molecule has 0 aliphatic carbocycles. The highest BCUT2D eigenvalue weighted by Crippen LogP contribution is 2.40. The fourth-order valence-electron chi connectivity index (χ4n) is 6.26. The molecule has 43 heavy (non-hydrogen) atoms. The minimum absolute atomic E-state index is 0.610. The first-order valence-corrected chi connectivity index (χ1v) is 14.3. The molecular weight excluding hydrogens is 524 g/mol. The van der Waals surface area contributed by atoms with Crippen molar-refractivity contribution in [2.24, 2.45) is 0 Å². The van der Waals surface area contributed by atoms with Gasteiger partial charge in [0.1, 0.15) is 6.26 Å². The summed E-state index contributed by atoms with van der Waals surface area (Å²) in [6.07, 6.45) is 3.25. The Labute approximate surface area is 248 Å². The molecule has 0 amide bonds. The predicted molar refractivity (Wildman–Crippen MR) is 175 cm³/mol. The lowest BCUT2D eigenvalue weighted by molar-refractivity contribution is 0.574. The molecule has 8 aromatic rings. The number of aromatic nitrogens is 1. The van der Waals surface area contributed by atoms with Crippen LogP contribution >= 0.6 is 0 Å². The van der Waals surface area contributed by atoms with Gasteiger partial charge >= 0.3 is 0 Å². The highest BCUT2D eigenvalue weighted by molar-refractivity contribution is 6.14. The van der Waals surface area contributed by atoms with Gasteiger partial charge < -0.3 is 4.42 Å². The summed E-state index contributed by atoms with van der Waals surface area (Å²) in [5, 5.41) is 17.2. The van der Waals surface area contributed by atoms with Gasteiger partial charge in [-0.25, -0.2) is 4.98 Å². The van der Waals surface area contributed by atoms with Crippen LogP contribution in [-0.4, -0.2) is 4.98 Å². The second kappa shape index (κ2) is 10.1. The minimum atomic E-state index is 0.610. The summed E-state index contributed by atoms with van der Waals surface area (Å²) in [5.74, 6) is 0.610. The average Bonchev–Trinajstić information content (AvgIpc) is 3.63. The fraction of sp³-hybridized carbons (Fsp3) is 0. The maximum atomic E-state index is 10.1. The molecule has 0 N–H and O–H groups in total. The summed E-state index contributed by atoms with van der Waals surface area (Å²) < 4.78 is 5.47. The van der Waals surface area contributed by atoms with Gasteiger partial charge in [-0.1, -0.05) is 97.1 Å². The zero-order valence-electron chi connectivity index (χ0n) is 23.2. The molecule has 3 heteroatoms. The maximum absolute atomic E-state index is 10.1. The first kappa shape index (κ1) is 24.8. The van der Waals surface area contributed by atoms with Crippen molar-refractivity contribution in [1.29, 1.82) is 5.26 Å². The molecule has 0 fully saturated rings. The van der Waals surface area contributed by atoms with E-state index in [9.17, 15) is 5.26 Å². The normalized spacial score (nSPS) is 11.2. The molecule has 0 aliphatic rings. The highest BCUT2D eigenvalue weighted by atomic mass is 16.3. The number of nitriles is 1. The van der Waals surface area contributed by atoms with Crippen LogP contribution in [0.4, 0.5) is 0 Å². The lowest BCUT2D eigenvalue weighted by Crippen LogP contribution is -1.90. The molecule has 0 atom stereocenters. The summed E-state index contributed by atoms with van der Waals surface area (Å²) in [4.78, 5) is 4.27. The van der Waals surface area contributed by atoms with Crippen molar-refractivity contribution in [3.8, 4) is 50.9 Å². The topological polar surface area (TPSA) is 49.8 Å². The third-order valence-corrected chi connectivity index (χ3v) is 8.25. The van der Waals surface area contributed by atoms with Crippen molar-refractivity contribution in [3.63, 3.8) is 0 Å². The number of rotatable bonds is 4. The summed E-state index contributed by atoms with van der Waals surface area (Å²) in [7, 11) is 0. The molecule has 3 nitrogen and oxygen atoms in total. The molecule has 1 heterocycles. The van der Waals surface area contributed by atoms with Crippen LogP contribution < -0.4 is 0 Å². The molecular formula is C40H24N2O. The highest BCUT2D eigenvalue weighted by Gasteiger charge is 2.14. The van der Waals surface area contributed by atoms with Crippen molar-refractivity contribution in [2.75, 3.05) is 0 Å². The maximum Gasteiger partial charge on any atom is 0.225 e. The Morgan fingerprint density at radius 2 is 1.05 bits per heavy atom. The molecule has 8 rings (SSSR count). The number of hydrogen-bond acceptors (Lipinski definition) is 3. The van der Waals surface area contributed by atoms with Crippen molar-refractivity contribution in [2.45, 2.75) is 0 Å². The van der Waals surface area contributed by atoms with Crippen LogP contribution in [-0.2, 0) is 0 Å². The van der Waals surface area contributed by atoms with E-state index in [2.05, 4.69) is 120 Å². The van der Waals surface area contributed by atoms with Gasteiger partial charge in [0.25, 0.3) is 0 Å². The summed E-state index contributed by atoms with van der Waals surface area (Å²) in [5.41, 5.74) is 8.12. The van der Waals surface area contributed by atoms with Gasteiger partial charge in [0.2, 0.25) is 5.89 Å². The monoisotopic (exact) mass is 548 g/mol. The molecule has 0 radical (unpaired) electrons. The van der Waals surface area contributed by atoms with Crippen molar-refractivity contribution < 1.29 is 4.42 Å². The number of nitrogens with zero attached hydrogens (tertiary/aromatic N) is 2. The number of benzene rings is 7. The second-order valence-corrected chi connectivity index (χ2v) is 10.7. The van der Waals surface area contributed by atoms with Crippen LogP contribution in [0, 0.1) is 11.3 Å². The van der Waals surface area contributed by atoms with E-state index >= 15 is 0 Å². The van der Waals surface area contributed by atoms with E-state index in [4.69, 9.17) is 4.42 Å². The Balaban J connectivity index is 1.30. The van der Waals surface area contributed by atoms with E-state index in [0.717, 1.165) is 49.7 Å². The molecule has 0 spiro atoms. The molecule has 200 valence electrons. The van der Waals surface area contributed by atoms with Crippen molar-refractivity contribution >= 4 is 32.3 Å². The molecule has 0 saturated heterocycles. The van der Waals surface area contributed by atoms with Crippen molar-refractivity contribution in [3.05, 3.63) is 151 Å². The quantitative estimate of drug-likeness (QED) is 0.206. The van der Waals surface area contributed by atoms with E-state index in [1.54, 1.807) is 12.5 Å². The second-order valence-electron chi connectivity index (χ2n) is 10.7. The summed E-state index contributed by atoms with van der Waals surface area (Å²) in [6, 6.07) is 49.1. The zero-order chi connectivity index (χ0) is 28.8. The van der Waals surface area contributed by atoms with Crippen LogP contribution in [0.25, 0.3) is 77.2 Å². The first-order chi connectivity index (χ1) is 21.3. The average molecular weight is 549 g/mol. The van der Waals surface area contributed by atoms with Crippen LogP contribution in [0.15, 0.2) is 150 Å². The molecule has 0 bridgehead atoms. The van der Waals surface area contributed by atoms with Crippen LogP contribution in [0.2, 0.25) is 0 Å². The van der Waals surface area contributed by atoms with Gasteiger partial charge in [-0.05, 0) is 102 Å². The van der Waals surface area contributed by atoms with Gasteiger partial charge in [0.05, 0.1) is 17.8 Å². The third-order valence-electron chi connectivity index (χ3n) is 8.25. The molecule has 7 aromatic carbocycles. The fourth-order valence-corrected chi connectivity index (χ4v) is 6.26. The van der Waals surface area contributed by atoms with Crippen LogP contribution in [0.3, 0.4) is 0 Å². The Hall–Kier alpha value is -5.98. The van der Waals surface area contributed by atoms with E-state index in [1.807, 2.05) is 24.3 Å². The van der Waals surface area contributed by atoms with E-state index < -0.39 is 0 Å². The lowest BCUT2D eigenvalue weighted by atomic mass is 9.88. The van der Waals surface area contributed by atoms with Gasteiger partial charge in [0, 0.05) is 5.56 Å². The van der Waals surface area contributed by atoms with Gasteiger partial charge in [0.15, 0.2) is 0 Å². The van der Waals surface area contributed by atoms with E-state index in [1.165, 1.54) is 21.5 Å². The van der Waals surface area contributed by atoms with E-state index in [-0.39, 0.29) is 0 Å². The smallest absolute Gasteiger partial charge is 0.225 e. The zero-order valence-corrected chi connectivity index (χ0v) is 23.2. The lowest BCUT2D eigenvalue weighted by Gasteiger charge is -2.15. The van der Waals surface area contributed by atoms with Crippen LogP contribution in [0.5, 0.6) is 0 Å². The number of oxazole rings is 1. The number of hydrogen-bond donors (Lipinski definition) is 0. The van der Waals surface area contributed by atoms with E-state index in [0.29, 0.717) is 11.5 Å². The summed E-state index contributed by atoms with van der Waals surface area (Å²) >= 11 is 0. The molecule has 0 aliphatic heterocycles. The molecule has 0 unspecified atom stereocenters. The largest absolute Gasteiger partial charge is 0.445 e. The Morgan fingerprint density at radius 3 is 1.70 bits per heavy atom. The number of fused-ring (bicyclic) bond motifs is 4. The standard InChI is InChI=1S/C40H24N2O/c41-25-26-21-30(23-31(22-26)39-24-29-7-1-2-8-32(29)35-9-5-6-12-38(35)39)34-18-17-33(36-10-3-4-11-37(34)36)27-13-15-28(16-14-27)40-42-19-20-43-40/h1-24H. The minimum Gasteiger partial charge on any atom is -0.445 e. The van der Waals surface area contributed by atoms with Gasteiger partial charge in [-0.15, -0.1) is 0 Å². The predicted octanol–water partition coefficient (Wildman–Crippen LogP) is 10.7. The van der Waals surface area contributed by atoms with Crippen molar-refractivity contribution in [1.82, 2.24) is 4.98 Å². The third kappa shape index (κ3) is 4.25. The molecule has 0 saturated carbocycles. The Morgan fingerprint density at radius 1 is 0.488 bits per heavy atom. The van der Waals surface area contributed by atoms with Gasteiger partial charge in [-0.2, -0.15) is 5.26 Å². The Bertz CT molecular complexity index is 2340. The van der Waals surface area contributed by atoms with Crippen LogP contribution in [0.1, 0.15) is 5.56 Å². The SMILES string of the molecule is N#Cc1cc(-c2ccc(-c3ccc(-c4ncco4)cc3)c3ccccc23)cc(-c2cc3ccccc3c3ccccc23)c1. The summed E-state index contributed by atoms with van der Waals surface area (Å²) in [6.45, 7) is 0. The molecule has 1 aromatic heterocycles.